The second-order valence-corrected chi connectivity index (χ2v) is 7.70. The van der Waals surface area contributed by atoms with E-state index < -0.39 is 17.4 Å². The zero-order chi connectivity index (χ0) is 22.4. The Kier molecular flexibility index (Phi) is 6.87. The molecule has 1 fully saturated rings. The molecule has 0 atom stereocenters. The van der Waals surface area contributed by atoms with E-state index in [1.165, 1.54) is 12.8 Å². The van der Waals surface area contributed by atoms with E-state index in [9.17, 15) is 14.4 Å². The van der Waals surface area contributed by atoms with Crippen molar-refractivity contribution in [3.05, 3.63) is 71.8 Å². The number of carbonyl (C=O) groups is 3. The Labute approximate surface area is 180 Å². The first-order chi connectivity index (χ1) is 14.9. The number of carboxylic acid groups (broad SMARTS) is 2. The van der Waals surface area contributed by atoms with Gasteiger partial charge in [0.15, 0.2) is 0 Å². The lowest BCUT2D eigenvalue weighted by atomic mass is 9.74. The number of amides is 1. The summed E-state index contributed by atoms with van der Waals surface area (Å²) < 4.78 is 0. The fraction of sp³-hybridized carbons (Fsp3) is 0.292. The highest BCUT2D eigenvalue weighted by molar-refractivity contribution is 5.99. The van der Waals surface area contributed by atoms with Gasteiger partial charge in [-0.3, -0.25) is 4.79 Å². The molecule has 4 rings (SSSR count). The zero-order valence-corrected chi connectivity index (χ0v) is 17.1. The predicted octanol–water partition coefficient (Wildman–Crippen LogP) is 2.68. The third-order valence-corrected chi connectivity index (χ3v) is 5.59. The molecule has 0 heterocycles. The molecule has 5 N–H and O–H groups in total. The molecule has 0 radical (unpaired) electrons. The van der Waals surface area contributed by atoms with E-state index in [2.05, 4.69) is 29.6 Å². The van der Waals surface area contributed by atoms with Crippen molar-refractivity contribution < 1.29 is 24.6 Å². The molecule has 1 saturated carbocycles. The van der Waals surface area contributed by atoms with E-state index in [-0.39, 0.29) is 5.91 Å². The van der Waals surface area contributed by atoms with Gasteiger partial charge in [0.25, 0.3) is 0 Å². The molecule has 7 nitrogen and oxygen atoms in total. The minimum atomic E-state index is -1.26. The topological polar surface area (TPSA) is 130 Å². The van der Waals surface area contributed by atoms with Gasteiger partial charge in [0.2, 0.25) is 5.91 Å². The molecule has 2 aliphatic rings. The summed E-state index contributed by atoms with van der Waals surface area (Å²) in [4.78, 5) is 31.7. The van der Waals surface area contributed by atoms with Crippen LogP contribution in [0.5, 0.6) is 0 Å². The summed E-state index contributed by atoms with van der Waals surface area (Å²) in [5, 5.41) is 19.2. The molecule has 162 valence electrons. The van der Waals surface area contributed by atoms with Crippen LogP contribution in [0.25, 0.3) is 11.1 Å². The van der Waals surface area contributed by atoms with Crippen molar-refractivity contribution in [3.63, 3.8) is 0 Å². The van der Waals surface area contributed by atoms with Crippen molar-refractivity contribution in [1.29, 1.82) is 0 Å². The van der Waals surface area contributed by atoms with Gasteiger partial charge >= 0.3 is 11.9 Å². The van der Waals surface area contributed by atoms with E-state index in [1.807, 2.05) is 24.3 Å². The molecule has 1 amide bonds. The molecule has 2 aliphatic carbocycles. The third-order valence-electron chi connectivity index (χ3n) is 5.59. The number of benzene rings is 2. The van der Waals surface area contributed by atoms with E-state index in [4.69, 9.17) is 15.9 Å². The summed E-state index contributed by atoms with van der Waals surface area (Å²) >= 11 is 0. The van der Waals surface area contributed by atoms with Crippen molar-refractivity contribution in [2.75, 3.05) is 6.54 Å². The number of carboxylic acids is 2. The predicted molar refractivity (Wildman–Crippen MR) is 117 cm³/mol. The number of hydrogen-bond acceptors (Lipinski definition) is 4. The Morgan fingerprint density at radius 1 is 0.935 bits per heavy atom. The summed E-state index contributed by atoms with van der Waals surface area (Å²) in [6, 6.07) is 17.1. The summed E-state index contributed by atoms with van der Waals surface area (Å²) in [6.07, 6.45) is 5.39. The van der Waals surface area contributed by atoms with Crippen LogP contribution >= 0.6 is 0 Å². The van der Waals surface area contributed by atoms with Gasteiger partial charge in [0, 0.05) is 18.2 Å². The van der Waals surface area contributed by atoms with Gasteiger partial charge in [0.05, 0.1) is 5.41 Å². The van der Waals surface area contributed by atoms with Crippen molar-refractivity contribution >= 4 is 17.8 Å². The zero-order valence-electron chi connectivity index (χ0n) is 17.1. The van der Waals surface area contributed by atoms with Crippen molar-refractivity contribution in [2.24, 2.45) is 5.73 Å². The third kappa shape index (κ3) is 5.00. The maximum atomic E-state index is 12.6. The average Bonchev–Trinajstić information content (AvgIpc) is 3.53. The van der Waals surface area contributed by atoms with Crippen LogP contribution < -0.4 is 11.1 Å². The monoisotopic (exact) mass is 422 g/mol. The molecule has 0 aliphatic heterocycles. The highest BCUT2D eigenvalue weighted by Crippen LogP contribution is 2.51. The summed E-state index contributed by atoms with van der Waals surface area (Å²) in [7, 11) is 0. The number of primary amides is 1. The van der Waals surface area contributed by atoms with Crippen LogP contribution in [0.4, 0.5) is 0 Å². The number of nitrogens with two attached hydrogens (primary N) is 1. The van der Waals surface area contributed by atoms with Crippen LogP contribution in [0.1, 0.15) is 36.8 Å². The smallest absolute Gasteiger partial charge is 0.328 e. The molecular weight excluding hydrogens is 396 g/mol. The van der Waals surface area contributed by atoms with E-state index in [0.717, 1.165) is 41.6 Å². The number of aliphatic carboxylic acids is 2. The lowest BCUT2D eigenvalue weighted by Crippen LogP contribution is -2.41. The Hall–Kier alpha value is -3.45. The quantitative estimate of drug-likeness (QED) is 0.382. The molecule has 0 spiro atoms. The van der Waals surface area contributed by atoms with E-state index >= 15 is 0 Å². The summed E-state index contributed by atoms with van der Waals surface area (Å²) in [6.45, 7) is 0.948. The number of fused-ring (bicyclic) bond motifs is 3. The first-order valence-corrected chi connectivity index (χ1v) is 10.2. The largest absolute Gasteiger partial charge is 0.478 e. The molecule has 7 heteroatoms. The minimum Gasteiger partial charge on any atom is -0.478 e. The van der Waals surface area contributed by atoms with Gasteiger partial charge in [-0.05, 0) is 54.5 Å². The van der Waals surface area contributed by atoms with E-state index in [0.29, 0.717) is 18.2 Å². The average molecular weight is 422 g/mol. The lowest BCUT2D eigenvalue weighted by molar-refractivity contribution is -0.134. The maximum absolute atomic E-state index is 12.6. The van der Waals surface area contributed by atoms with Gasteiger partial charge in [-0.2, -0.15) is 0 Å². The standard InChI is InChI=1S/C20H22N2O.C4H4O4/c21-19(23)20(12-5-13-22-14-10-11-14)17-8-3-1-6-15(17)16-7-2-4-9-18(16)20;5-3(6)1-2-4(7)8/h1-4,6-9,14,22H,5,10-13H2,(H2,21,23);1-2H,(H,5,6)(H,7,8)/b;2-1-. The molecule has 31 heavy (non-hydrogen) atoms. The highest BCUT2D eigenvalue weighted by atomic mass is 16.4. The van der Waals surface area contributed by atoms with Crippen LogP contribution in [0, 0.1) is 0 Å². The van der Waals surface area contributed by atoms with Crippen LogP contribution in [0.3, 0.4) is 0 Å². The van der Waals surface area contributed by atoms with Crippen LogP contribution in [0.15, 0.2) is 60.7 Å². The Balaban J connectivity index is 0.000000293. The van der Waals surface area contributed by atoms with Crippen LogP contribution in [0.2, 0.25) is 0 Å². The molecular formula is C24H26N2O5. The normalized spacial score (nSPS) is 15.5. The number of nitrogens with one attached hydrogen (secondary N) is 1. The van der Waals surface area contributed by atoms with Gasteiger partial charge < -0.3 is 21.3 Å². The van der Waals surface area contributed by atoms with E-state index in [1.54, 1.807) is 0 Å². The van der Waals surface area contributed by atoms with Gasteiger partial charge in [-0.25, -0.2) is 9.59 Å². The van der Waals surface area contributed by atoms with Crippen LogP contribution in [-0.4, -0.2) is 40.6 Å². The number of hydrogen-bond donors (Lipinski definition) is 4. The Bertz CT molecular complexity index is 949. The lowest BCUT2D eigenvalue weighted by Gasteiger charge is -2.28. The second-order valence-electron chi connectivity index (χ2n) is 7.70. The van der Waals surface area contributed by atoms with Crippen molar-refractivity contribution in [3.8, 4) is 11.1 Å². The SMILES string of the molecule is NC(=O)C1(CCCNC2CC2)c2ccccc2-c2ccccc21.O=C(O)/C=C\C(=O)O. The fourth-order valence-corrected chi connectivity index (χ4v) is 4.07. The minimum absolute atomic E-state index is 0.235. The molecule has 2 aromatic rings. The van der Waals surface area contributed by atoms with Gasteiger partial charge in [-0.15, -0.1) is 0 Å². The second kappa shape index (κ2) is 9.57. The summed E-state index contributed by atoms with van der Waals surface area (Å²) in [5.41, 5.74) is 9.71. The molecule has 0 aromatic heterocycles. The Morgan fingerprint density at radius 3 is 1.84 bits per heavy atom. The summed E-state index contributed by atoms with van der Waals surface area (Å²) in [5.74, 6) is -2.75. The molecule has 0 bridgehead atoms. The molecule has 0 saturated heterocycles. The molecule has 0 unspecified atom stereocenters. The maximum Gasteiger partial charge on any atom is 0.328 e. The highest BCUT2D eigenvalue weighted by Gasteiger charge is 2.47. The van der Waals surface area contributed by atoms with Gasteiger partial charge in [0.1, 0.15) is 0 Å². The first-order valence-electron chi connectivity index (χ1n) is 10.2. The van der Waals surface area contributed by atoms with Gasteiger partial charge in [-0.1, -0.05) is 48.5 Å². The van der Waals surface area contributed by atoms with Crippen molar-refractivity contribution in [1.82, 2.24) is 5.32 Å². The van der Waals surface area contributed by atoms with Crippen molar-refractivity contribution in [2.45, 2.75) is 37.1 Å². The molecule has 2 aromatic carbocycles. The number of carbonyl (C=O) groups excluding carboxylic acids is 1. The fourth-order valence-electron chi connectivity index (χ4n) is 4.07. The van der Waals surface area contributed by atoms with Crippen LogP contribution in [-0.2, 0) is 19.8 Å². The first kappa shape index (κ1) is 22.2. The Morgan fingerprint density at radius 2 is 1.42 bits per heavy atom. The number of rotatable bonds is 8.